The van der Waals surface area contributed by atoms with E-state index in [9.17, 15) is 0 Å². The number of halogens is 1. The first-order valence-electron chi connectivity index (χ1n) is 12.7. The Morgan fingerprint density at radius 2 is 1.62 bits per heavy atom. The molecule has 5 rings (SSSR count). The van der Waals surface area contributed by atoms with Gasteiger partial charge in [0.1, 0.15) is 17.1 Å². The molecule has 0 bridgehead atoms. The van der Waals surface area contributed by atoms with E-state index in [1.165, 1.54) is 7.11 Å². The van der Waals surface area contributed by atoms with E-state index in [0.29, 0.717) is 29.2 Å². The second-order valence-corrected chi connectivity index (χ2v) is 9.20. The molecule has 0 amide bonds. The summed E-state index contributed by atoms with van der Waals surface area (Å²) < 4.78 is 20.7. The molecule has 0 aliphatic carbocycles. The average Bonchev–Trinajstić information content (AvgIpc) is 2.95. The number of pyridine rings is 1. The van der Waals surface area contributed by atoms with Crippen LogP contribution in [0.5, 0.6) is 5.75 Å². The molecule has 7 nitrogen and oxygen atoms in total. The first-order chi connectivity index (χ1) is 19.0. The SMILES string of the molecule is COc1cc(-c2cccc(-c3cccc(Nc4nccc5nccnc45)c3C)c2C)cc(F)c1CNCCO. The minimum Gasteiger partial charge on any atom is -0.496 e. The van der Waals surface area contributed by atoms with Crippen molar-refractivity contribution in [3.63, 3.8) is 0 Å². The summed E-state index contributed by atoms with van der Waals surface area (Å²) in [5.74, 6) is 0.753. The molecule has 0 aliphatic rings. The van der Waals surface area contributed by atoms with E-state index in [2.05, 4.69) is 44.6 Å². The molecular formula is C31H30FN5O2. The molecule has 0 saturated carbocycles. The third-order valence-corrected chi connectivity index (χ3v) is 6.87. The molecule has 39 heavy (non-hydrogen) atoms. The number of anilines is 2. The van der Waals surface area contributed by atoms with E-state index in [0.717, 1.165) is 44.6 Å². The molecule has 5 aromatic rings. The molecule has 0 spiro atoms. The van der Waals surface area contributed by atoms with E-state index in [4.69, 9.17) is 9.84 Å². The van der Waals surface area contributed by atoms with Crippen molar-refractivity contribution in [1.82, 2.24) is 20.3 Å². The first kappa shape index (κ1) is 26.2. The topological polar surface area (TPSA) is 92.2 Å². The van der Waals surface area contributed by atoms with Gasteiger partial charge in [-0.2, -0.15) is 0 Å². The lowest BCUT2D eigenvalue weighted by molar-refractivity contribution is 0.291. The lowest BCUT2D eigenvalue weighted by Gasteiger charge is -2.18. The summed E-state index contributed by atoms with van der Waals surface area (Å²) in [4.78, 5) is 13.3. The van der Waals surface area contributed by atoms with Gasteiger partial charge in [0, 0.05) is 42.9 Å². The molecule has 198 valence electrons. The minimum atomic E-state index is -0.354. The van der Waals surface area contributed by atoms with Gasteiger partial charge in [0.25, 0.3) is 0 Å². The van der Waals surface area contributed by atoms with Crippen LogP contribution in [-0.2, 0) is 6.54 Å². The van der Waals surface area contributed by atoms with Crippen LogP contribution in [0.25, 0.3) is 33.3 Å². The van der Waals surface area contributed by atoms with Gasteiger partial charge in [-0.3, -0.25) is 4.98 Å². The number of nitrogens with one attached hydrogen (secondary N) is 2. The molecule has 0 unspecified atom stereocenters. The number of benzene rings is 3. The maximum absolute atomic E-state index is 15.2. The summed E-state index contributed by atoms with van der Waals surface area (Å²) in [6, 6.07) is 17.4. The standard InChI is InChI=1S/C31H30FN5O2/c1-19-22(21-16-26(32)25(18-33-14-15-38)29(17-21)39-3)6-4-7-23(19)24-8-5-9-27(20(24)2)37-31-30-28(10-11-36-31)34-12-13-35-30/h4-13,16-17,33,38H,14-15,18H2,1-3H3,(H,36,37). The van der Waals surface area contributed by atoms with Gasteiger partial charge in [0.15, 0.2) is 5.82 Å². The summed E-state index contributed by atoms with van der Waals surface area (Å²) in [5.41, 5.74) is 8.66. The highest BCUT2D eigenvalue weighted by molar-refractivity contribution is 5.89. The molecule has 0 atom stereocenters. The molecule has 0 fully saturated rings. The number of aromatic nitrogens is 3. The zero-order chi connectivity index (χ0) is 27.4. The van der Waals surface area contributed by atoms with E-state index in [-0.39, 0.29) is 19.0 Å². The highest BCUT2D eigenvalue weighted by atomic mass is 19.1. The molecular weight excluding hydrogens is 493 g/mol. The summed E-state index contributed by atoms with van der Waals surface area (Å²) in [7, 11) is 1.54. The van der Waals surface area contributed by atoms with Crippen molar-refractivity contribution in [2.24, 2.45) is 0 Å². The van der Waals surface area contributed by atoms with Crippen molar-refractivity contribution in [3.05, 3.63) is 95.7 Å². The Balaban J connectivity index is 1.52. The van der Waals surface area contributed by atoms with Crippen LogP contribution in [0.1, 0.15) is 16.7 Å². The predicted molar refractivity (Wildman–Crippen MR) is 153 cm³/mol. The normalized spacial score (nSPS) is 11.1. The van der Waals surface area contributed by atoms with Crippen LogP contribution in [0.2, 0.25) is 0 Å². The van der Waals surface area contributed by atoms with Crippen LogP contribution in [0.3, 0.4) is 0 Å². The van der Waals surface area contributed by atoms with Crippen molar-refractivity contribution in [1.29, 1.82) is 0 Å². The maximum Gasteiger partial charge on any atom is 0.158 e. The Labute approximate surface area is 226 Å². The molecule has 0 radical (unpaired) electrons. The van der Waals surface area contributed by atoms with E-state index < -0.39 is 0 Å². The van der Waals surface area contributed by atoms with Crippen molar-refractivity contribution >= 4 is 22.5 Å². The fourth-order valence-corrected chi connectivity index (χ4v) is 4.83. The fraction of sp³-hybridized carbons (Fsp3) is 0.194. The van der Waals surface area contributed by atoms with Crippen molar-refractivity contribution in [2.75, 3.05) is 25.6 Å². The summed E-state index contributed by atoms with van der Waals surface area (Å²) in [5, 5.41) is 15.5. The van der Waals surface area contributed by atoms with E-state index >= 15 is 4.39 Å². The van der Waals surface area contributed by atoms with E-state index in [1.807, 2.05) is 43.3 Å². The van der Waals surface area contributed by atoms with Crippen molar-refractivity contribution in [3.8, 4) is 28.0 Å². The number of rotatable bonds is 9. The number of hydrogen-bond donors (Lipinski definition) is 3. The summed E-state index contributed by atoms with van der Waals surface area (Å²) in [6.45, 7) is 4.75. The lowest BCUT2D eigenvalue weighted by atomic mass is 9.90. The number of methoxy groups -OCH3 is 1. The van der Waals surface area contributed by atoms with Crippen LogP contribution in [0, 0.1) is 19.7 Å². The largest absolute Gasteiger partial charge is 0.496 e. The Morgan fingerprint density at radius 1 is 0.872 bits per heavy atom. The molecule has 0 aliphatic heterocycles. The van der Waals surface area contributed by atoms with Gasteiger partial charge < -0.3 is 20.5 Å². The monoisotopic (exact) mass is 523 g/mol. The third-order valence-electron chi connectivity index (χ3n) is 6.87. The first-order valence-corrected chi connectivity index (χ1v) is 12.7. The van der Waals surface area contributed by atoms with Crippen LogP contribution >= 0.6 is 0 Å². The number of aliphatic hydroxyl groups is 1. The van der Waals surface area contributed by atoms with Crippen LogP contribution in [-0.4, -0.2) is 40.3 Å². The summed E-state index contributed by atoms with van der Waals surface area (Å²) in [6.07, 6.45) is 5.04. The van der Waals surface area contributed by atoms with Crippen LogP contribution in [0.15, 0.2) is 73.2 Å². The fourth-order valence-electron chi connectivity index (χ4n) is 4.83. The Hall–Kier alpha value is -4.40. The second-order valence-electron chi connectivity index (χ2n) is 9.20. The zero-order valence-electron chi connectivity index (χ0n) is 22.1. The number of hydrogen-bond acceptors (Lipinski definition) is 7. The average molecular weight is 524 g/mol. The highest BCUT2D eigenvalue weighted by Gasteiger charge is 2.17. The smallest absolute Gasteiger partial charge is 0.158 e. The Kier molecular flexibility index (Phi) is 7.76. The quantitative estimate of drug-likeness (QED) is 0.206. The van der Waals surface area contributed by atoms with Gasteiger partial charge in [-0.25, -0.2) is 14.4 Å². The Morgan fingerprint density at radius 3 is 2.41 bits per heavy atom. The minimum absolute atomic E-state index is 0.0172. The molecule has 0 saturated heterocycles. The lowest BCUT2D eigenvalue weighted by Crippen LogP contribution is -2.18. The maximum atomic E-state index is 15.2. The molecule has 2 aromatic heterocycles. The molecule has 3 aromatic carbocycles. The molecule has 8 heteroatoms. The molecule has 3 N–H and O–H groups in total. The predicted octanol–water partition coefficient (Wildman–Crippen LogP) is 5.95. The van der Waals surface area contributed by atoms with Gasteiger partial charge in [0.2, 0.25) is 0 Å². The van der Waals surface area contributed by atoms with Gasteiger partial charge in [0.05, 0.1) is 19.2 Å². The third kappa shape index (κ3) is 5.30. The van der Waals surface area contributed by atoms with E-state index in [1.54, 1.807) is 24.7 Å². The second kappa shape index (κ2) is 11.6. The van der Waals surface area contributed by atoms with Crippen LogP contribution < -0.4 is 15.4 Å². The summed E-state index contributed by atoms with van der Waals surface area (Å²) >= 11 is 0. The van der Waals surface area contributed by atoms with Gasteiger partial charge in [-0.1, -0.05) is 30.3 Å². The van der Waals surface area contributed by atoms with Gasteiger partial charge >= 0.3 is 0 Å². The Bertz CT molecular complexity index is 1630. The number of aliphatic hydroxyl groups excluding tert-OH is 1. The number of nitrogens with zero attached hydrogens (tertiary/aromatic N) is 3. The zero-order valence-corrected chi connectivity index (χ0v) is 22.1. The van der Waals surface area contributed by atoms with Crippen molar-refractivity contribution < 1.29 is 14.2 Å². The van der Waals surface area contributed by atoms with Gasteiger partial charge in [-0.05, 0) is 71.5 Å². The van der Waals surface area contributed by atoms with Crippen molar-refractivity contribution in [2.45, 2.75) is 20.4 Å². The van der Waals surface area contributed by atoms with Gasteiger partial charge in [-0.15, -0.1) is 0 Å². The number of fused-ring (bicyclic) bond motifs is 1. The highest BCUT2D eigenvalue weighted by Crippen LogP contribution is 2.38. The molecule has 2 heterocycles. The van der Waals surface area contributed by atoms with Crippen LogP contribution in [0.4, 0.5) is 15.9 Å². The number of ether oxygens (including phenoxy) is 1.